The van der Waals surface area contributed by atoms with Gasteiger partial charge in [-0.25, -0.2) is 8.78 Å². The molecular weight excluding hydrogens is 510 g/mol. The van der Waals surface area contributed by atoms with Crippen LogP contribution in [0.1, 0.15) is 42.4 Å². The first-order valence-electron chi connectivity index (χ1n) is 14.4. The molecule has 4 aromatic carbocycles. The lowest BCUT2D eigenvalue weighted by atomic mass is 9.80. The summed E-state index contributed by atoms with van der Waals surface area (Å²) >= 11 is 0. The van der Waals surface area contributed by atoms with Gasteiger partial charge in [-0.15, -0.1) is 0 Å². The number of rotatable bonds is 2. The summed E-state index contributed by atoms with van der Waals surface area (Å²) in [7, 11) is 0. The molecule has 0 amide bonds. The summed E-state index contributed by atoms with van der Waals surface area (Å²) in [4.78, 5) is 0. The Bertz CT molecular complexity index is 1970. The lowest BCUT2D eigenvalue weighted by molar-refractivity contribution is -0.550. The van der Waals surface area contributed by atoms with Gasteiger partial charge in [-0.05, 0) is 76.7 Å². The lowest BCUT2D eigenvalue weighted by Gasteiger charge is -2.40. The van der Waals surface area contributed by atoms with E-state index in [-0.39, 0.29) is 0 Å². The fourth-order valence-corrected chi connectivity index (χ4v) is 7.75. The Kier molecular flexibility index (Phi) is 5.13. The molecular formula is C37H31F2N2+. The zero-order valence-corrected chi connectivity index (χ0v) is 23.6. The number of allylic oxidation sites excluding steroid dienone is 2. The Morgan fingerprint density at radius 3 is 1.98 bits per heavy atom. The summed E-state index contributed by atoms with van der Waals surface area (Å²) < 4.78 is 34.8. The summed E-state index contributed by atoms with van der Waals surface area (Å²) in [6.07, 6.45) is -0.941. The van der Waals surface area contributed by atoms with Crippen LogP contribution in [0.2, 0.25) is 0 Å². The Labute approximate surface area is 238 Å². The predicted octanol–water partition coefficient (Wildman–Crippen LogP) is 8.88. The van der Waals surface area contributed by atoms with E-state index in [1.165, 1.54) is 27.1 Å². The summed E-state index contributed by atoms with van der Waals surface area (Å²) in [5, 5.41) is 4.88. The van der Waals surface area contributed by atoms with E-state index in [9.17, 15) is 0 Å². The molecule has 0 saturated heterocycles. The monoisotopic (exact) mass is 541 g/mol. The second-order valence-electron chi connectivity index (χ2n) is 11.9. The van der Waals surface area contributed by atoms with Crippen LogP contribution in [0.4, 0.5) is 8.78 Å². The van der Waals surface area contributed by atoms with Crippen molar-refractivity contribution in [2.45, 2.75) is 52.1 Å². The molecule has 0 radical (unpaired) electrons. The number of nitrogens with zero attached hydrogens (tertiary/aromatic N) is 2. The number of benzene rings is 4. The van der Waals surface area contributed by atoms with Crippen LogP contribution in [0, 0.1) is 13.8 Å². The van der Waals surface area contributed by atoms with Crippen molar-refractivity contribution < 1.29 is 13.4 Å². The molecule has 4 heteroatoms. The first-order valence-corrected chi connectivity index (χ1v) is 14.4. The van der Waals surface area contributed by atoms with Crippen molar-refractivity contribution in [1.29, 1.82) is 0 Å². The molecule has 3 aliphatic rings. The molecule has 1 saturated carbocycles. The van der Waals surface area contributed by atoms with Gasteiger partial charge in [-0.3, -0.25) is 0 Å². The van der Waals surface area contributed by atoms with E-state index in [1.54, 1.807) is 0 Å². The fourth-order valence-electron chi connectivity index (χ4n) is 7.75. The quantitative estimate of drug-likeness (QED) is 0.156. The molecule has 41 heavy (non-hydrogen) atoms. The van der Waals surface area contributed by atoms with Crippen molar-refractivity contribution in [3.8, 4) is 11.1 Å². The van der Waals surface area contributed by atoms with Crippen LogP contribution in [0.15, 0.2) is 102 Å². The molecule has 1 aromatic heterocycles. The summed E-state index contributed by atoms with van der Waals surface area (Å²) in [6.45, 7) is 8.20. The number of hydrogen-bond donors (Lipinski definition) is 0. The summed E-state index contributed by atoms with van der Waals surface area (Å²) in [5.74, 6) is 0. The minimum Gasteiger partial charge on any atom is -0.331 e. The van der Waals surface area contributed by atoms with E-state index in [1.807, 2.05) is 13.8 Å². The number of aryl methyl sites for hydroxylation is 2. The molecule has 1 fully saturated rings. The largest absolute Gasteiger partial charge is 0.331 e. The third-order valence-corrected chi connectivity index (χ3v) is 9.45. The maximum Gasteiger partial charge on any atom is 0.219 e. The van der Waals surface area contributed by atoms with Crippen molar-refractivity contribution in [3.05, 3.63) is 125 Å². The molecule has 2 aliphatic heterocycles. The summed E-state index contributed by atoms with van der Waals surface area (Å²) in [6, 6.07) is 29.1. The highest BCUT2D eigenvalue weighted by molar-refractivity contribution is 6.12. The van der Waals surface area contributed by atoms with Gasteiger partial charge < -0.3 is 4.57 Å². The van der Waals surface area contributed by atoms with E-state index in [2.05, 4.69) is 114 Å². The van der Waals surface area contributed by atoms with E-state index in [0.717, 1.165) is 50.6 Å². The van der Waals surface area contributed by atoms with E-state index in [0.29, 0.717) is 0 Å². The zero-order valence-electron chi connectivity index (χ0n) is 23.6. The molecule has 3 heterocycles. The van der Waals surface area contributed by atoms with Crippen molar-refractivity contribution in [3.63, 3.8) is 0 Å². The lowest BCUT2D eigenvalue weighted by Crippen LogP contribution is -2.60. The predicted molar refractivity (Wildman–Crippen MR) is 164 cm³/mol. The maximum absolute atomic E-state index is 15.3. The third-order valence-electron chi connectivity index (χ3n) is 9.45. The highest BCUT2D eigenvalue weighted by atomic mass is 19.2. The molecule has 2 nitrogen and oxygen atoms in total. The number of alkyl halides is 2. The first kappa shape index (κ1) is 24.5. The van der Waals surface area contributed by atoms with Crippen LogP contribution in [-0.4, -0.2) is 33.2 Å². The minimum atomic E-state index is -1.53. The molecule has 4 unspecified atom stereocenters. The van der Waals surface area contributed by atoms with Crippen LogP contribution in [-0.2, 0) is 0 Å². The van der Waals surface area contributed by atoms with Gasteiger partial charge >= 0.3 is 0 Å². The molecule has 0 spiro atoms. The van der Waals surface area contributed by atoms with Gasteiger partial charge in [-0.1, -0.05) is 72.8 Å². The Morgan fingerprint density at radius 2 is 1.32 bits per heavy atom. The van der Waals surface area contributed by atoms with Crippen LogP contribution >= 0.6 is 0 Å². The summed E-state index contributed by atoms with van der Waals surface area (Å²) in [5.41, 5.74) is 10.6. The van der Waals surface area contributed by atoms with Crippen LogP contribution in [0.25, 0.3) is 38.2 Å². The van der Waals surface area contributed by atoms with Gasteiger partial charge in [0.15, 0.2) is 18.1 Å². The Hall–Kier alpha value is -4.31. The van der Waals surface area contributed by atoms with Gasteiger partial charge in [0.25, 0.3) is 0 Å². The van der Waals surface area contributed by atoms with Gasteiger partial charge in [-0.2, -0.15) is 4.58 Å². The van der Waals surface area contributed by atoms with Crippen LogP contribution in [0.5, 0.6) is 0 Å². The average molecular weight is 542 g/mol. The Morgan fingerprint density at radius 1 is 0.707 bits per heavy atom. The van der Waals surface area contributed by atoms with Crippen molar-refractivity contribution in [1.82, 2.24) is 4.57 Å². The first-order chi connectivity index (χ1) is 19.8. The molecule has 5 aromatic rings. The molecule has 0 N–H and O–H groups in total. The van der Waals surface area contributed by atoms with Crippen molar-refractivity contribution >= 4 is 32.8 Å². The number of aromatic nitrogens is 1. The van der Waals surface area contributed by atoms with E-state index in [4.69, 9.17) is 0 Å². The molecule has 202 valence electrons. The SMILES string of the molecule is CC1=CC(C)=[N+]2C1=C(c1ccc(-c3c4ccccc4cc4ccccc34)cc1)c1c(C)cc(C)n1C1C(F)C(F)C12. The van der Waals surface area contributed by atoms with Gasteiger partial charge in [0.1, 0.15) is 6.04 Å². The zero-order chi connectivity index (χ0) is 28.2. The minimum absolute atomic E-state index is 0.559. The average Bonchev–Trinajstić information content (AvgIpc) is 3.37. The maximum atomic E-state index is 15.3. The second kappa shape index (κ2) is 8.59. The van der Waals surface area contributed by atoms with E-state index >= 15 is 8.78 Å². The van der Waals surface area contributed by atoms with E-state index < -0.39 is 24.4 Å². The molecule has 0 bridgehead atoms. The smallest absolute Gasteiger partial charge is 0.219 e. The van der Waals surface area contributed by atoms with Crippen LogP contribution in [0.3, 0.4) is 0 Å². The number of halogens is 2. The fraction of sp³-hybridized carbons (Fsp3) is 0.216. The molecule has 8 rings (SSSR count). The third kappa shape index (κ3) is 3.25. The molecule has 1 aliphatic carbocycles. The normalized spacial score (nSPS) is 23.3. The van der Waals surface area contributed by atoms with Crippen LogP contribution < -0.4 is 0 Å². The number of fused-ring (bicyclic) bond motifs is 7. The second-order valence-corrected chi connectivity index (χ2v) is 11.9. The van der Waals surface area contributed by atoms with Gasteiger partial charge in [0, 0.05) is 24.3 Å². The van der Waals surface area contributed by atoms with Crippen molar-refractivity contribution in [2.75, 3.05) is 0 Å². The standard InChI is InChI=1S/C37H31F2N2/c1-20-17-22(3)40-34(20)31(35-21(2)18-23(4)41(35)37-33(39)32(38)36(37)40)25-15-13-24(14-16-25)30-28-11-7-5-9-26(28)19-27-10-6-8-12-29(27)30/h5-19,32-33,36-37H,1-4H3/q+1. The highest BCUT2D eigenvalue weighted by Gasteiger charge is 2.64. The topological polar surface area (TPSA) is 7.94 Å². The highest BCUT2D eigenvalue weighted by Crippen LogP contribution is 2.51. The van der Waals surface area contributed by atoms with Gasteiger partial charge in [0.05, 0.1) is 11.3 Å². The Balaban J connectivity index is 1.38. The van der Waals surface area contributed by atoms with Gasteiger partial charge in [0.2, 0.25) is 11.7 Å². The molecule has 4 atom stereocenters. The van der Waals surface area contributed by atoms with Crippen molar-refractivity contribution in [2.24, 2.45) is 0 Å². The number of hydrogen-bond acceptors (Lipinski definition) is 0.